The molecule has 1 atom stereocenters. The molecule has 0 radical (unpaired) electrons. The average molecular weight is 299 g/mol. The Kier molecular flexibility index (Phi) is 5.79. The number of amides is 1. The molecule has 1 aromatic rings. The number of hydrogen-bond donors (Lipinski definition) is 2. The van der Waals surface area contributed by atoms with Gasteiger partial charge in [-0.1, -0.05) is 11.8 Å². The SMILES string of the molecule is Cc1cc(C(=O)NC(C)CC(F)(F)F)ccc1C#CCO. The van der Waals surface area contributed by atoms with Crippen LogP contribution in [-0.4, -0.2) is 29.8 Å². The van der Waals surface area contributed by atoms with E-state index < -0.39 is 24.5 Å². The minimum atomic E-state index is -4.31. The van der Waals surface area contributed by atoms with Crippen LogP contribution in [0.1, 0.15) is 34.8 Å². The molecule has 0 heterocycles. The number of hydrogen-bond acceptors (Lipinski definition) is 2. The zero-order chi connectivity index (χ0) is 16.0. The van der Waals surface area contributed by atoms with Gasteiger partial charge in [-0.3, -0.25) is 4.79 Å². The summed E-state index contributed by atoms with van der Waals surface area (Å²) >= 11 is 0. The maximum absolute atomic E-state index is 12.2. The van der Waals surface area contributed by atoms with E-state index in [-0.39, 0.29) is 12.2 Å². The maximum Gasteiger partial charge on any atom is 0.391 e. The highest BCUT2D eigenvalue weighted by Crippen LogP contribution is 2.21. The highest BCUT2D eigenvalue weighted by Gasteiger charge is 2.30. The summed E-state index contributed by atoms with van der Waals surface area (Å²) in [5, 5.41) is 10.9. The fraction of sp³-hybridized carbons (Fsp3) is 0.400. The Bertz CT molecular complexity index is 571. The lowest BCUT2D eigenvalue weighted by atomic mass is 10.0. The van der Waals surface area contributed by atoms with Crippen molar-refractivity contribution in [3.63, 3.8) is 0 Å². The topological polar surface area (TPSA) is 49.3 Å². The van der Waals surface area contributed by atoms with Crippen molar-refractivity contribution in [3.8, 4) is 11.8 Å². The third-order valence-corrected chi connectivity index (χ3v) is 2.71. The van der Waals surface area contributed by atoms with Crippen molar-refractivity contribution >= 4 is 5.91 Å². The lowest BCUT2D eigenvalue weighted by Gasteiger charge is -2.16. The van der Waals surface area contributed by atoms with E-state index in [1.165, 1.54) is 13.0 Å². The quantitative estimate of drug-likeness (QED) is 0.842. The monoisotopic (exact) mass is 299 g/mol. The maximum atomic E-state index is 12.2. The van der Waals surface area contributed by atoms with Gasteiger partial charge in [-0.15, -0.1) is 0 Å². The molecule has 0 fully saturated rings. The second-order valence-electron chi connectivity index (χ2n) is 4.68. The molecule has 0 bridgehead atoms. The van der Waals surface area contributed by atoms with Crippen LogP contribution in [0.2, 0.25) is 0 Å². The number of rotatable bonds is 3. The van der Waals surface area contributed by atoms with Gasteiger partial charge in [0.1, 0.15) is 6.61 Å². The van der Waals surface area contributed by atoms with Gasteiger partial charge in [0.2, 0.25) is 0 Å². The number of alkyl halides is 3. The van der Waals surface area contributed by atoms with Gasteiger partial charge in [-0.05, 0) is 37.6 Å². The van der Waals surface area contributed by atoms with Crippen molar-refractivity contribution in [2.24, 2.45) is 0 Å². The second kappa shape index (κ2) is 7.14. The van der Waals surface area contributed by atoms with Gasteiger partial charge in [0, 0.05) is 17.2 Å². The molecule has 0 aliphatic carbocycles. The normalized spacial score (nSPS) is 12.3. The van der Waals surface area contributed by atoms with Crippen molar-refractivity contribution in [2.45, 2.75) is 32.5 Å². The van der Waals surface area contributed by atoms with Gasteiger partial charge in [0.15, 0.2) is 0 Å². The number of aliphatic hydroxyl groups excluding tert-OH is 1. The number of carbonyl (C=O) groups excluding carboxylic acids is 1. The molecule has 114 valence electrons. The van der Waals surface area contributed by atoms with Crippen molar-refractivity contribution in [2.75, 3.05) is 6.61 Å². The second-order valence-corrected chi connectivity index (χ2v) is 4.68. The highest BCUT2D eigenvalue weighted by molar-refractivity contribution is 5.94. The molecular weight excluding hydrogens is 283 g/mol. The van der Waals surface area contributed by atoms with E-state index in [9.17, 15) is 18.0 Å². The van der Waals surface area contributed by atoms with Gasteiger partial charge in [-0.2, -0.15) is 13.2 Å². The van der Waals surface area contributed by atoms with E-state index in [0.717, 1.165) is 0 Å². The molecule has 0 spiro atoms. The van der Waals surface area contributed by atoms with E-state index in [0.29, 0.717) is 11.1 Å². The summed E-state index contributed by atoms with van der Waals surface area (Å²) in [6.07, 6.45) is -5.38. The van der Waals surface area contributed by atoms with Gasteiger partial charge in [0.25, 0.3) is 5.91 Å². The van der Waals surface area contributed by atoms with E-state index in [4.69, 9.17) is 5.11 Å². The number of carbonyl (C=O) groups is 1. The smallest absolute Gasteiger partial charge is 0.384 e. The van der Waals surface area contributed by atoms with Gasteiger partial charge < -0.3 is 10.4 Å². The van der Waals surface area contributed by atoms with Crippen molar-refractivity contribution in [1.82, 2.24) is 5.32 Å². The van der Waals surface area contributed by atoms with Crippen LogP contribution >= 0.6 is 0 Å². The molecule has 6 heteroatoms. The third kappa shape index (κ3) is 5.88. The first-order chi connectivity index (χ1) is 9.73. The molecule has 1 unspecified atom stereocenters. The molecule has 3 nitrogen and oxygen atoms in total. The highest BCUT2D eigenvalue weighted by atomic mass is 19.4. The van der Waals surface area contributed by atoms with E-state index in [1.54, 1.807) is 19.1 Å². The Balaban J connectivity index is 2.78. The van der Waals surface area contributed by atoms with Crippen LogP contribution in [-0.2, 0) is 0 Å². The molecule has 21 heavy (non-hydrogen) atoms. The molecule has 0 aliphatic heterocycles. The van der Waals surface area contributed by atoms with Crippen LogP contribution in [0.25, 0.3) is 0 Å². The number of halogens is 3. The standard InChI is InChI=1S/C15H16F3NO2/c1-10-8-13(6-5-12(10)4-3-7-20)14(21)19-11(2)9-15(16,17)18/h5-6,8,11,20H,7,9H2,1-2H3,(H,19,21). The summed E-state index contributed by atoms with van der Waals surface area (Å²) in [6, 6.07) is 3.65. The zero-order valence-electron chi connectivity index (χ0n) is 11.7. The lowest BCUT2D eigenvalue weighted by Crippen LogP contribution is -2.35. The molecule has 0 saturated heterocycles. The predicted octanol–water partition coefficient (Wildman–Crippen LogP) is 2.41. The molecule has 0 aliphatic rings. The van der Waals surface area contributed by atoms with E-state index in [2.05, 4.69) is 17.2 Å². The molecule has 0 aromatic heterocycles. The fourth-order valence-electron chi connectivity index (χ4n) is 1.79. The number of nitrogens with one attached hydrogen (secondary N) is 1. The van der Waals surface area contributed by atoms with Gasteiger partial charge >= 0.3 is 6.18 Å². The summed E-state index contributed by atoms with van der Waals surface area (Å²) in [5.74, 6) is 4.65. The lowest BCUT2D eigenvalue weighted by molar-refractivity contribution is -0.138. The minimum absolute atomic E-state index is 0.267. The largest absolute Gasteiger partial charge is 0.391 e. The Labute approximate surface area is 121 Å². The molecular formula is C15H16F3NO2. The fourth-order valence-corrected chi connectivity index (χ4v) is 1.79. The molecule has 1 rings (SSSR count). The summed E-state index contributed by atoms with van der Waals surface area (Å²) in [6.45, 7) is 2.77. The third-order valence-electron chi connectivity index (χ3n) is 2.71. The van der Waals surface area contributed by atoms with Crippen molar-refractivity contribution in [1.29, 1.82) is 0 Å². The first-order valence-electron chi connectivity index (χ1n) is 6.31. The molecule has 2 N–H and O–H groups in total. The summed E-state index contributed by atoms with van der Waals surface area (Å²) in [7, 11) is 0. The number of aryl methyl sites for hydroxylation is 1. The predicted molar refractivity (Wildman–Crippen MR) is 72.7 cm³/mol. The van der Waals surface area contributed by atoms with Crippen LogP contribution in [0, 0.1) is 18.8 Å². The molecule has 0 saturated carbocycles. The number of benzene rings is 1. The Morgan fingerprint density at radius 2 is 2.10 bits per heavy atom. The summed E-state index contributed by atoms with van der Waals surface area (Å²) in [4.78, 5) is 11.9. The van der Waals surface area contributed by atoms with Crippen LogP contribution in [0.5, 0.6) is 0 Å². The van der Waals surface area contributed by atoms with Gasteiger partial charge in [0.05, 0.1) is 6.42 Å². The summed E-state index contributed by atoms with van der Waals surface area (Å²) in [5.41, 5.74) is 1.65. The van der Waals surface area contributed by atoms with Gasteiger partial charge in [-0.25, -0.2) is 0 Å². The average Bonchev–Trinajstić information content (AvgIpc) is 2.34. The van der Waals surface area contributed by atoms with E-state index >= 15 is 0 Å². The zero-order valence-corrected chi connectivity index (χ0v) is 11.7. The van der Waals surface area contributed by atoms with Crippen molar-refractivity contribution in [3.05, 3.63) is 34.9 Å². The molecule has 1 amide bonds. The first-order valence-corrected chi connectivity index (χ1v) is 6.31. The van der Waals surface area contributed by atoms with E-state index in [1.807, 2.05) is 0 Å². The van der Waals surface area contributed by atoms with Crippen LogP contribution in [0.4, 0.5) is 13.2 Å². The Morgan fingerprint density at radius 1 is 1.43 bits per heavy atom. The Morgan fingerprint density at radius 3 is 2.62 bits per heavy atom. The first kappa shape index (κ1) is 17.1. The summed E-state index contributed by atoms with van der Waals surface area (Å²) < 4.78 is 36.6. The van der Waals surface area contributed by atoms with Crippen molar-refractivity contribution < 1.29 is 23.1 Å². The molecule has 1 aromatic carbocycles. The Hall–Kier alpha value is -2.00. The van der Waals surface area contributed by atoms with Crippen LogP contribution < -0.4 is 5.32 Å². The van der Waals surface area contributed by atoms with Crippen LogP contribution in [0.3, 0.4) is 0 Å². The minimum Gasteiger partial charge on any atom is -0.384 e. The van der Waals surface area contributed by atoms with Crippen LogP contribution in [0.15, 0.2) is 18.2 Å². The number of aliphatic hydroxyl groups is 1.